The fourth-order valence-electron chi connectivity index (χ4n) is 5.22. The SMILES string of the molecule is COc1ccc(S(=O)(=O)N2c3ccc(Cl)cc3C(O)(c3ccccc3Cl)C2C(=O)N2CCNCC2)cc1OC. The Kier molecular flexibility index (Phi) is 7.43. The molecule has 206 valence electrons. The van der Waals surface area contributed by atoms with Crippen LogP contribution in [0.2, 0.25) is 10.0 Å². The minimum Gasteiger partial charge on any atom is -0.493 e. The quantitative estimate of drug-likeness (QED) is 0.453. The number of methoxy groups -OCH3 is 2. The first-order valence-electron chi connectivity index (χ1n) is 12.2. The maximum absolute atomic E-state index is 14.4. The molecule has 0 bridgehead atoms. The van der Waals surface area contributed by atoms with Crippen LogP contribution in [-0.4, -0.2) is 70.8 Å². The van der Waals surface area contributed by atoms with E-state index in [0.717, 1.165) is 4.31 Å². The Bertz CT molecular complexity index is 1530. The molecule has 0 radical (unpaired) electrons. The summed E-state index contributed by atoms with van der Waals surface area (Å²) in [5.74, 6) is -0.0261. The molecule has 2 aliphatic rings. The van der Waals surface area contributed by atoms with E-state index in [2.05, 4.69) is 5.32 Å². The van der Waals surface area contributed by atoms with Crippen molar-refractivity contribution in [2.75, 3.05) is 44.7 Å². The summed E-state index contributed by atoms with van der Waals surface area (Å²) in [6.45, 7) is 1.75. The van der Waals surface area contributed by atoms with Crippen LogP contribution in [0.1, 0.15) is 11.1 Å². The van der Waals surface area contributed by atoms with Gasteiger partial charge in [-0.3, -0.25) is 4.79 Å². The average molecular weight is 593 g/mol. The van der Waals surface area contributed by atoms with E-state index in [1.807, 2.05) is 0 Å². The van der Waals surface area contributed by atoms with Gasteiger partial charge < -0.3 is 24.8 Å². The van der Waals surface area contributed by atoms with Crippen molar-refractivity contribution in [1.82, 2.24) is 10.2 Å². The average Bonchev–Trinajstić information content (AvgIpc) is 3.22. The summed E-state index contributed by atoms with van der Waals surface area (Å²) >= 11 is 12.9. The van der Waals surface area contributed by atoms with Gasteiger partial charge in [-0.1, -0.05) is 41.4 Å². The van der Waals surface area contributed by atoms with E-state index in [1.54, 1.807) is 29.2 Å². The molecule has 12 heteroatoms. The largest absolute Gasteiger partial charge is 0.493 e. The van der Waals surface area contributed by atoms with Gasteiger partial charge in [0.2, 0.25) is 5.91 Å². The van der Waals surface area contributed by atoms with Gasteiger partial charge >= 0.3 is 0 Å². The Balaban J connectivity index is 1.78. The Labute approximate surface area is 236 Å². The minimum absolute atomic E-state index is 0.116. The monoisotopic (exact) mass is 591 g/mol. The summed E-state index contributed by atoms with van der Waals surface area (Å²) in [6, 6.07) is 13.5. The molecule has 2 aliphatic heterocycles. The molecule has 39 heavy (non-hydrogen) atoms. The van der Waals surface area contributed by atoms with Gasteiger partial charge in [0.25, 0.3) is 10.0 Å². The number of amides is 1. The second-order valence-corrected chi connectivity index (χ2v) is 11.9. The zero-order valence-electron chi connectivity index (χ0n) is 21.2. The Morgan fingerprint density at radius 1 is 0.974 bits per heavy atom. The Morgan fingerprint density at radius 2 is 1.67 bits per heavy atom. The molecule has 0 aromatic heterocycles. The van der Waals surface area contributed by atoms with Crippen LogP contribution in [0.3, 0.4) is 0 Å². The number of nitrogens with one attached hydrogen (secondary N) is 1. The number of fused-ring (bicyclic) bond motifs is 1. The summed E-state index contributed by atoms with van der Waals surface area (Å²) in [7, 11) is -1.62. The zero-order valence-corrected chi connectivity index (χ0v) is 23.6. The number of ether oxygens (including phenoxy) is 2. The van der Waals surface area contributed by atoms with Gasteiger partial charge in [-0.25, -0.2) is 12.7 Å². The molecule has 1 fully saturated rings. The number of hydrogen-bond acceptors (Lipinski definition) is 7. The van der Waals surface area contributed by atoms with Crippen molar-refractivity contribution >= 4 is 44.8 Å². The molecule has 2 atom stereocenters. The minimum atomic E-state index is -4.46. The van der Waals surface area contributed by atoms with Gasteiger partial charge in [-0.15, -0.1) is 0 Å². The molecule has 2 unspecified atom stereocenters. The lowest BCUT2D eigenvalue weighted by molar-refractivity contribution is -0.137. The summed E-state index contributed by atoms with van der Waals surface area (Å²) in [5.41, 5.74) is -1.69. The smallest absolute Gasteiger partial charge is 0.265 e. The van der Waals surface area contributed by atoms with E-state index in [4.69, 9.17) is 32.7 Å². The number of rotatable bonds is 6. The molecule has 3 aromatic rings. The van der Waals surface area contributed by atoms with E-state index < -0.39 is 27.6 Å². The van der Waals surface area contributed by atoms with Crippen molar-refractivity contribution in [3.63, 3.8) is 0 Å². The van der Waals surface area contributed by atoms with Crippen LogP contribution in [0, 0.1) is 0 Å². The van der Waals surface area contributed by atoms with Gasteiger partial charge in [-0.2, -0.15) is 0 Å². The highest BCUT2D eigenvalue weighted by Crippen LogP contribution is 2.52. The third-order valence-electron chi connectivity index (χ3n) is 7.10. The standard InChI is InChI=1S/C27H27Cl2N3O6S/c1-37-23-10-8-18(16-24(23)38-2)39(35,36)32-22-9-7-17(28)15-20(22)27(34,19-5-3-4-6-21(19)29)25(32)26(33)31-13-11-30-12-14-31/h3-10,15-16,25,30,34H,11-14H2,1-2H3. The van der Waals surface area contributed by atoms with Crippen molar-refractivity contribution in [3.05, 3.63) is 81.8 Å². The van der Waals surface area contributed by atoms with Crippen molar-refractivity contribution in [3.8, 4) is 11.5 Å². The summed E-state index contributed by atoms with van der Waals surface area (Å²) in [5, 5.41) is 16.2. The predicted molar refractivity (Wildman–Crippen MR) is 148 cm³/mol. The van der Waals surface area contributed by atoms with E-state index in [1.165, 1.54) is 50.6 Å². The number of anilines is 1. The Morgan fingerprint density at radius 3 is 2.33 bits per heavy atom. The van der Waals surface area contributed by atoms with Gasteiger partial charge in [0.05, 0.1) is 24.8 Å². The summed E-state index contributed by atoms with van der Waals surface area (Å²) < 4.78 is 40.4. The number of piperazine rings is 1. The zero-order chi connectivity index (χ0) is 27.9. The van der Waals surface area contributed by atoms with Crippen LogP contribution >= 0.6 is 23.2 Å². The van der Waals surface area contributed by atoms with Crippen LogP contribution in [0.5, 0.6) is 11.5 Å². The molecule has 1 amide bonds. The number of sulfonamides is 1. The highest BCUT2D eigenvalue weighted by Gasteiger charge is 2.60. The number of carbonyl (C=O) groups is 1. The van der Waals surface area contributed by atoms with Gasteiger partial charge in [-0.05, 0) is 36.4 Å². The second-order valence-electron chi connectivity index (χ2n) is 9.20. The molecule has 5 rings (SSSR count). The topological polar surface area (TPSA) is 108 Å². The van der Waals surface area contributed by atoms with Crippen molar-refractivity contribution in [2.45, 2.75) is 16.5 Å². The van der Waals surface area contributed by atoms with E-state index >= 15 is 0 Å². The normalized spacial score (nSPS) is 21.0. The number of hydrogen-bond donors (Lipinski definition) is 2. The molecular weight excluding hydrogens is 565 g/mol. The fourth-order valence-corrected chi connectivity index (χ4v) is 7.33. The first kappa shape index (κ1) is 27.5. The maximum atomic E-state index is 14.4. The molecule has 9 nitrogen and oxygen atoms in total. The van der Waals surface area contributed by atoms with E-state index in [9.17, 15) is 18.3 Å². The second kappa shape index (κ2) is 10.5. The lowest BCUT2D eigenvalue weighted by atomic mass is 9.82. The highest BCUT2D eigenvalue weighted by atomic mass is 35.5. The van der Waals surface area contributed by atoms with Crippen molar-refractivity contribution < 1.29 is 27.8 Å². The van der Waals surface area contributed by atoms with Gasteiger partial charge in [0, 0.05) is 53.4 Å². The number of carbonyl (C=O) groups excluding carboxylic acids is 1. The lowest BCUT2D eigenvalue weighted by Crippen LogP contribution is -2.60. The number of benzene rings is 3. The van der Waals surface area contributed by atoms with Crippen LogP contribution in [0.15, 0.2) is 65.6 Å². The highest BCUT2D eigenvalue weighted by molar-refractivity contribution is 7.93. The molecule has 1 saturated heterocycles. The van der Waals surface area contributed by atoms with Gasteiger partial charge in [0.15, 0.2) is 17.5 Å². The van der Waals surface area contributed by atoms with Crippen LogP contribution in [0.25, 0.3) is 0 Å². The summed E-state index contributed by atoms with van der Waals surface area (Å²) in [4.78, 5) is 15.7. The first-order valence-corrected chi connectivity index (χ1v) is 14.4. The Hall–Kier alpha value is -3.02. The van der Waals surface area contributed by atoms with Crippen molar-refractivity contribution in [2.24, 2.45) is 0 Å². The van der Waals surface area contributed by atoms with Crippen LogP contribution in [0.4, 0.5) is 5.69 Å². The third-order valence-corrected chi connectivity index (χ3v) is 9.44. The number of nitrogens with zero attached hydrogens (tertiary/aromatic N) is 2. The number of aliphatic hydroxyl groups is 1. The predicted octanol–water partition coefficient (Wildman–Crippen LogP) is 3.26. The lowest BCUT2D eigenvalue weighted by Gasteiger charge is -2.39. The molecule has 2 N–H and O–H groups in total. The fraction of sp³-hybridized carbons (Fsp3) is 0.296. The molecule has 0 spiro atoms. The molecular formula is C27H27Cl2N3O6S. The molecule has 0 aliphatic carbocycles. The van der Waals surface area contributed by atoms with Gasteiger partial charge in [0.1, 0.15) is 5.60 Å². The molecule has 2 heterocycles. The van der Waals surface area contributed by atoms with Crippen LogP contribution < -0.4 is 19.1 Å². The molecule has 3 aromatic carbocycles. The number of halogens is 2. The van der Waals surface area contributed by atoms with Crippen LogP contribution in [-0.2, 0) is 20.4 Å². The third kappa shape index (κ3) is 4.50. The van der Waals surface area contributed by atoms with E-state index in [-0.39, 0.29) is 37.5 Å². The van der Waals surface area contributed by atoms with E-state index in [0.29, 0.717) is 31.9 Å². The molecule has 0 saturated carbocycles. The maximum Gasteiger partial charge on any atom is 0.265 e. The first-order chi connectivity index (χ1) is 18.6. The summed E-state index contributed by atoms with van der Waals surface area (Å²) in [6.07, 6.45) is 0. The van der Waals surface area contributed by atoms with Crippen molar-refractivity contribution in [1.29, 1.82) is 0 Å².